The zero-order valence-corrected chi connectivity index (χ0v) is 19.3. The van der Waals surface area contributed by atoms with Gasteiger partial charge in [-0.25, -0.2) is 13.9 Å². The van der Waals surface area contributed by atoms with Gasteiger partial charge in [-0.3, -0.25) is 4.98 Å². The molecule has 1 N–H and O–H groups in total. The van der Waals surface area contributed by atoms with Crippen molar-refractivity contribution < 1.29 is 18.7 Å². The number of rotatable bonds is 5. The van der Waals surface area contributed by atoms with Crippen molar-refractivity contribution in [3.05, 3.63) is 47.4 Å². The molecule has 1 aliphatic carbocycles. The smallest absolute Gasteiger partial charge is 0.317 e. The molecule has 1 atom stereocenters. The highest BCUT2D eigenvalue weighted by atomic mass is 19.1. The Morgan fingerprint density at radius 3 is 3.03 bits per heavy atom. The maximum absolute atomic E-state index is 13.8. The van der Waals surface area contributed by atoms with Crippen molar-refractivity contribution in [2.45, 2.75) is 50.0 Å². The van der Waals surface area contributed by atoms with E-state index in [4.69, 9.17) is 9.47 Å². The van der Waals surface area contributed by atoms with Gasteiger partial charge in [0.25, 0.3) is 0 Å². The second kappa shape index (κ2) is 7.63. The maximum atomic E-state index is 13.8. The lowest BCUT2D eigenvalue weighted by Gasteiger charge is -2.45. The molecular formula is C24H27FN6O3. The van der Waals surface area contributed by atoms with E-state index in [1.54, 1.807) is 16.6 Å². The highest BCUT2D eigenvalue weighted by Crippen LogP contribution is 2.57. The summed E-state index contributed by atoms with van der Waals surface area (Å²) in [7, 11) is 1.57. The van der Waals surface area contributed by atoms with E-state index in [-0.39, 0.29) is 12.1 Å². The molecular weight excluding hydrogens is 439 g/mol. The van der Waals surface area contributed by atoms with Gasteiger partial charge in [0.15, 0.2) is 0 Å². The fourth-order valence-electron chi connectivity index (χ4n) is 5.84. The van der Waals surface area contributed by atoms with Crippen molar-refractivity contribution >= 4 is 16.9 Å². The van der Waals surface area contributed by atoms with Gasteiger partial charge >= 0.3 is 6.03 Å². The van der Waals surface area contributed by atoms with Crippen LogP contribution in [-0.2, 0) is 23.3 Å². The van der Waals surface area contributed by atoms with Crippen molar-refractivity contribution in [2.24, 2.45) is 0 Å². The number of benzene rings is 1. The lowest BCUT2D eigenvalue weighted by molar-refractivity contribution is 0.0483. The summed E-state index contributed by atoms with van der Waals surface area (Å²) in [6, 6.07) is 5.67. The molecule has 1 saturated carbocycles. The van der Waals surface area contributed by atoms with Crippen LogP contribution in [0.15, 0.2) is 30.6 Å². The first-order valence-corrected chi connectivity index (χ1v) is 11.6. The first kappa shape index (κ1) is 21.3. The van der Waals surface area contributed by atoms with E-state index in [1.807, 2.05) is 37.5 Å². The van der Waals surface area contributed by atoms with E-state index in [1.165, 1.54) is 5.56 Å². The number of hydrogen-bond acceptors (Lipinski definition) is 6. The second-order valence-electron chi connectivity index (χ2n) is 9.67. The molecule has 10 heteroatoms. The topological polar surface area (TPSA) is 94.4 Å². The predicted molar refractivity (Wildman–Crippen MR) is 121 cm³/mol. The standard InChI is InChI=1S/C24H27FN6O3/c1-15(34-17-3-4-20-19(7-17)18-5-6-33-10-16(18)8-27-20)21-9-31(29-28-21)24-11-23(12-24,13-25)30(14-24)22(32)26-2/h3-4,7-9,15H,5-6,10-14H2,1-2H3,(H,26,32)/t15-,23?,24?/m1/s1. The van der Waals surface area contributed by atoms with Crippen LogP contribution in [0, 0.1) is 0 Å². The highest BCUT2D eigenvalue weighted by Gasteiger charge is 2.68. The molecule has 1 aromatic carbocycles. The summed E-state index contributed by atoms with van der Waals surface area (Å²) in [6.07, 6.45) is 5.35. The van der Waals surface area contributed by atoms with Gasteiger partial charge in [-0.2, -0.15) is 0 Å². The quantitative estimate of drug-likeness (QED) is 0.622. The van der Waals surface area contributed by atoms with E-state index >= 15 is 0 Å². The van der Waals surface area contributed by atoms with Crippen LogP contribution < -0.4 is 10.1 Å². The number of carbonyl (C=O) groups is 1. The number of aromatic nitrogens is 4. The van der Waals surface area contributed by atoms with Gasteiger partial charge in [0.05, 0.1) is 36.0 Å². The Hall–Kier alpha value is -3.27. The number of alkyl halides is 1. The minimum Gasteiger partial charge on any atom is -0.484 e. The first-order valence-electron chi connectivity index (χ1n) is 11.6. The van der Waals surface area contributed by atoms with E-state index in [2.05, 4.69) is 20.6 Å². The predicted octanol–water partition coefficient (Wildman–Crippen LogP) is 2.89. The Bertz CT molecular complexity index is 1270. The number of pyridine rings is 1. The zero-order chi connectivity index (χ0) is 23.5. The lowest BCUT2D eigenvalue weighted by atomic mass is 9.68. The lowest BCUT2D eigenvalue weighted by Crippen LogP contribution is -2.57. The van der Waals surface area contributed by atoms with Gasteiger partial charge in [0.2, 0.25) is 0 Å². The molecule has 0 spiro atoms. The summed E-state index contributed by atoms with van der Waals surface area (Å²) in [5.41, 5.74) is 2.86. The third-order valence-corrected chi connectivity index (χ3v) is 7.57. The Balaban J connectivity index is 1.22. The van der Waals surface area contributed by atoms with Crippen LogP contribution in [0.1, 0.15) is 42.7 Å². The average Bonchev–Trinajstić information content (AvgIpc) is 3.55. The fraction of sp³-hybridized carbons (Fsp3) is 0.500. The Morgan fingerprint density at radius 1 is 1.38 bits per heavy atom. The van der Waals surface area contributed by atoms with Crippen LogP contribution in [0.3, 0.4) is 0 Å². The molecule has 0 radical (unpaired) electrons. The number of amides is 2. The zero-order valence-electron chi connectivity index (χ0n) is 19.3. The van der Waals surface area contributed by atoms with E-state index in [0.29, 0.717) is 38.3 Å². The highest BCUT2D eigenvalue weighted by molar-refractivity contribution is 5.84. The van der Waals surface area contributed by atoms with Gasteiger partial charge in [0, 0.05) is 38.0 Å². The molecule has 5 heterocycles. The molecule has 3 aliphatic heterocycles. The minimum absolute atomic E-state index is 0.256. The Morgan fingerprint density at radius 2 is 2.24 bits per heavy atom. The molecule has 178 valence electrons. The summed E-state index contributed by atoms with van der Waals surface area (Å²) < 4.78 is 27.4. The molecule has 2 saturated heterocycles. The van der Waals surface area contributed by atoms with E-state index in [9.17, 15) is 9.18 Å². The van der Waals surface area contributed by atoms with Crippen molar-refractivity contribution in [1.82, 2.24) is 30.2 Å². The maximum Gasteiger partial charge on any atom is 0.317 e. The van der Waals surface area contributed by atoms with Crippen LogP contribution in [0.5, 0.6) is 5.75 Å². The molecule has 3 aromatic rings. The van der Waals surface area contributed by atoms with Crippen LogP contribution >= 0.6 is 0 Å². The number of hydrogen-bond donors (Lipinski definition) is 1. The Kier molecular flexibility index (Phi) is 4.77. The normalized spacial score (nSPS) is 26.1. The fourth-order valence-corrected chi connectivity index (χ4v) is 5.84. The van der Waals surface area contributed by atoms with Crippen LogP contribution in [0.2, 0.25) is 0 Å². The number of ether oxygens (including phenoxy) is 2. The van der Waals surface area contributed by atoms with Gasteiger partial charge < -0.3 is 19.7 Å². The molecule has 7 rings (SSSR count). The van der Waals surface area contributed by atoms with Gasteiger partial charge in [0.1, 0.15) is 24.2 Å². The van der Waals surface area contributed by atoms with Crippen molar-refractivity contribution in [3.63, 3.8) is 0 Å². The van der Waals surface area contributed by atoms with Crippen molar-refractivity contribution in [3.8, 4) is 5.75 Å². The van der Waals surface area contributed by atoms with Gasteiger partial charge in [-0.05, 0) is 42.7 Å². The number of fused-ring (bicyclic) bond motifs is 4. The molecule has 9 nitrogen and oxygen atoms in total. The molecule has 2 amide bonds. The van der Waals surface area contributed by atoms with Crippen LogP contribution in [0.4, 0.5) is 9.18 Å². The number of halogens is 1. The first-order chi connectivity index (χ1) is 16.5. The Labute approximate surface area is 196 Å². The van der Waals surface area contributed by atoms with Gasteiger partial charge in [-0.1, -0.05) is 5.21 Å². The molecule has 2 aromatic heterocycles. The van der Waals surface area contributed by atoms with Crippen molar-refractivity contribution in [1.29, 1.82) is 0 Å². The molecule has 2 bridgehead atoms. The van der Waals surface area contributed by atoms with Crippen LogP contribution in [0.25, 0.3) is 10.9 Å². The minimum atomic E-state index is -0.738. The van der Waals surface area contributed by atoms with Crippen molar-refractivity contribution in [2.75, 3.05) is 26.9 Å². The van der Waals surface area contributed by atoms with E-state index in [0.717, 1.165) is 28.6 Å². The monoisotopic (exact) mass is 466 g/mol. The number of nitrogens with zero attached hydrogens (tertiary/aromatic N) is 5. The molecule has 4 aliphatic rings. The third-order valence-electron chi connectivity index (χ3n) is 7.57. The average molecular weight is 467 g/mol. The third kappa shape index (κ3) is 3.08. The summed E-state index contributed by atoms with van der Waals surface area (Å²) in [5, 5.41) is 12.4. The SMILES string of the molecule is CNC(=O)N1CC2(n3cc([C@@H](C)Oc4ccc5ncc6c(c5c4)CCOC6)nn3)CC1(CF)C2. The summed E-state index contributed by atoms with van der Waals surface area (Å²) in [4.78, 5) is 18.4. The summed E-state index contributed by atoms with van der Waals surface area (Å²) in [6.45, 7) is 3.09. The number of carbonyl (C=O) groups excluding carboxylic acids is 1. The molecule has 3 fully saturated rings. The summed E-state index contributed by atoms with van der Waals surface area (Å²) >= 11 is 0. The van der Waals surface area contributed by atoms with Crippen LogP contribution in [-0.4, -0.2) is 63.3 Å². The molecule has 34 heavy (non-hydrogen) atoms. The largest absolute Gasteiger partial charge is 0.484 e. The number of urea groups is 1. The second-order valence-corrected chi connectivity index (χ2v) is 9.67. The molecule has 0 unspecified atom stereocenters. The number of nitrogens with one attached hydrogen (secondary N) is 1. The summed E-state index contributed by atoms with van der Waals surface area (Å²) in [5.74, 6) is 0.737. The van der Waals surface area contributed by atoms with Gasteiger partial charge in [-0.15, -0.1) is 5.10 Å². The van der Waals surface area contributed by atoms with E-state index < -0.39 is 17.8 Å².